The smallest absolute Gasteiger partial charge is 0.398 e. The first-order chi connectivity index (χ1) is 6.89. The van der Waals surface area contributed by atoms with Gasteiger partial charge in [0.1, 0.15) is 10.3 Å². The lowest BCUT2D eigenvalue weighted by Crippen LogP contribution is -2.04. The van der Waals surface area contributed by atoms with E-state index in [1.54, 1.807) is 0 Å². The molecule has 0 saturated heterocycles. The van der Waals surface area contributed by atoms with Crippen molar-refractivity contribution in [1.82, 2.24) is 9.97 Å². The van der Waals surface area contributed by atoms with Crippen LogP contribution >= 0.6 is 15.9 Å². The standard InChI is InChI=1S/C8H5BrF3N3/c9-5-1-4(13)6-3(8(10,11)12)2-14-7(6)15-5/h1-2H,(H3,13,14,15). The molecule has 3 N–H and O–H groups in total. The van der Waals surface area contributed by atoms with E-state index in [1.807, 2.05) is 0 Å². The van der Waals surface area contributed by atoms with Crippen molar-refractivity contribution in [2.45, 2.75) is 6.18 Å². The van der Waals surface area contributed by atoms with Crippen molar-refractivity contribution in [2.24, 2.45) is 0 Å². The second-order valence-electron chi connectivity index (χ2n) is 2.96. The highest BCUT2D eigenvalue weighted by Gasteiger charge is 2.34. The molecule has 7 heteroatoms. The number of alkyl halides is 3. The third kappa shape index (κ3) is 1.67. The molecule has 0 unspecified atom stereocenters. The Balaban J connectivity index is 2.81. The van der Waals surface area contributed by atoms with Gasteiger partial charge in [-0.05, 0) is 22.0 Å². The monoisotopic (exact) mass is 279 g/mol. The average Bonchev–Trinajstić information content (AvgIpc) is 2.45. The van der Waals surface area contributed by atoms with Crippen LogP contribution in [0.3, 0.4) is 0 Å². The molecule has 2 aromatic heterocycles. The minimum absolute atomic E-state index is 0.0421. The lowest BCUT2D eigenvalue weighted by molar-refractivity contribution is -0.136. The van der Waals surface area contributed by atoms with Crippen LogP contribution in [0.4, 0.5) is 18.9 Å². The summed E-state index contributed by atoms with van der Waals surface area (Å²) in [5.41, 5.74) is 4.87. The molecule has 0 spiro atoms. The first kappa shape index (κ1) is 10.3. The van der Waals surface area contributed by atoms with Gasteiger partial charge in [-0.1, -0.05) is 0 Å². The summed E-state index contributed by atoms with van der Waals surface area (Å²) in [5, 5.41) is -0.0919. The number of nitrogens with zero attached hydrogens (tertiary/aromatic N) is 1. The third-order valence-electron chi connectivity index (χ3n) is 1.95. The molecule has 0 aliphatic carbocycles. The number of nitrogens with one attached hydrogen (secondary N) is 1. The van der Waals surface area contributed by atoms with E-state index >= 15 is 0 Å². The van der Waals surface area contributed by atoms with Gasteiger partial charge in [-0.15, -0.1) is 0 Å². The molecule has 2 heterocycles. The van der Waals surface area contributed by atoms with Crippen molar-refractivity contribution in [3.8, 4) is 0 Å². The number of nitrogen functional groups attached to an aromatic ring is 1. The topological polar surface area (TPSA) is 54.7 Å². The number of fused-ring (bicyclic) bond motifs is 1. The van der Waals surface area contributed by atoms with E-state index in [-0.39, 0.29) is 16.7 Å². The molecule has 0 amide bonds. The van der Waals surface area contributed by atoms with Gasteiger partial charge in [-0.3, -0.25) is 0 Å². The molecule has 0 aromatic carbocycles. The Morgan fingerprint density at radius 1 is 1.40 bits per heavy atom. The van der Waals surface area contributed by atoms with Crippen LogP contribution in [-0.2, 0) is 6.18 Å². The van der Waals surface area contributed by atoms with Gasteiger partial charge in [-0.25, -0.2) is 4.98 Å². The molecule has 2 aromatic rings. The van der Waals surface area contributed by atoms with Crippen LogP contribution in [0.25, 0.3) is 11.0 Å². The Morgan fingerprint density at radius 3 is 2.67 bits per heavy atom. The molecule has 0 aliphatic heterocycles. The lowest BCUT2D eigenvalue weighted by atomic mass is 10.2. The summed E-state index contributed by atoms with van der Waals surface area (Å²) in [6, 6.07) is 1.34. The largest absolute Gasteiger partial charge is 0.418 e. The zero-order chi connectivity index (χ0) is 11.2. The summed E-state index contributed by atoms with van der Waals surface area (Å²) in [6.07, 6.45) is -3.57. The zero-order valence-electron chi connectivity index (χ0n) is 7.19. The lowest BCUT2D eigenvalue weighted by Gasteiger charge is -2.05. The molecule has 0 aliphatic rings. The highest BCUT2D eigenvalue weighted by molar-refractivity contribution is 9.10. The Morgan fingerprint density at radius 2 is 2.07 bits per heavy atom. The van der Waals surface area contributed by atoms with Crippen molar-refractivity contribution < 1.29 is 13.2 Å². The van der Waals surface area contributed by atoms with Gasteiger partial charge in [0.15, 0.2) is 0 Å². The average molecular weight is 280 g/mol. The minimum atomic E-state index is -4.43. The maximum Gasteiger partial charge on any atom is 0.418 e. The molecular weight excluding hydrogens is 275 g/mol. The van der Waals surface area contributed by atoms with Gasteiger partial charge < -0.3 is 10.7 Å². The number of hydrogen-bond acceptors (Lipinski definition) is 2. The first-order valence-corrected chi connectivity index (χ1v) is 4.69. The maximum atomic E-state index is 12.5. The maximum absolute atomic E-state index is 12.5. The summed E-state index contributed by atoms with van der Waals surface area (Å²) in [6.45, 7) is 0. The van der Waals surface area contributed by atoms with E-state index < -0.39 is 11.7 Å². The van der Waals surface area contributed by atoms with Crippen LogP contribution in [-0.4, -0.2) is 9.97 Å². The van der Waals surface area contributed by atoms with Crippen molar-refractivity contribution in [3.05, 3.63) is 22.4 Å². The predicted octanol–water partition coefficient (Wildman–Crippen LogP) is 2.93. The fourth-order valence-corrected chi connectivity index (χ4v) is 1.78. The van der Waals surface area contributed by atoms with Gasteiger partial charge in [0.05, 0.1) is 10.9 Å². The molecule has 80 valence electrons. The third-order valence-corrected chi connectivity index (χ3v) is 2.35. The molecule has 0 radical (unpaired) electrons. The molecule has 2 rings (SSSR count). The number of rotatable bonds is 0. The van der Waals surface area contributed by atoms with E-state index in [9.17, 15) is 13.2 Å². The number of hydrogen-bond donors (Lipinski definition) is 2. The van der Waals surface area contributed by atoms with Crippen LogP contribution in [0.2, 0.25) is 0 Å². The van der Waals surface area contributed by atoms with Gasteiger partial charge >= 0.3 is 6.18 Å². The Labute approximate surface area is 90.6 Å². The number of halogens is 4. The molecule has 0 saturated carbocycles. The Kier molecular flexibility index (Phi) is 2.14. The molecule has 0 bridgehead atoms. The van der Waals surface area contributed by atoms with Crippen molar-refractivity contribution >= 4 is 32.7 Å². The molecular formula is C8H5BrF3N3. The number of anilines is 1. The minimum Gasteiger partial charge on any atom is -0.398 e. The number of aromatic amines is 1. The van der Waals surface area contributed by atoms with Gasteiger partial charge in [-0.2, -0.15) is 13.2 Å². The summed E-state index contributed by atoms with van der Waals surface area (Å²) in [7, 11) is 0. The zero-order valence-corrected chi connectivity index (χ0v) is 8.78. The Hall–Kier alpha value is -1.24. The summed E-state index contributed by atoms with van der Waals surface area (Å²) in [5.74, 6) is 0. The molecule has 15 heavy (non-hydrogen) atoms. The SMILES string of the molecule is Nc1cc(Br)nc2[nH]cc(C(F)(F)F)c12. The van der Waals surface area contributed by atoms with Crippen LogP contribution in [0.15, 0.2) is 16.9 Å². The first-order valence-electron chi connectivity index (χ1n) is 3.90. The van der Waals surface area contributed by atoms with Crippen LogP contribution in [0.5, 0.6) is 0 Å². The Bertz CT molecular complexity index is 518. The quantitative estimate of drug-likeness (QED) is 0.729. The van der Waals surface area contributed by atoms with Crippen LogP contribution < -0.4 is 5.73 Å². The van der Waals surface area contributed by atoms with Gasteiger partial charge in [0.2, 0.25) is 0 Å². The van der Waals surface area contributed by atoms with Crippen molar-refractivity contribution in [3.63, 3.8) is 0 Å². The predicted molar refractivity (Wildman–Crippen MR) is 53.2 cm³/mol. The number of aromatic nitrogens is 2. The highest BCUT2D eigenvalue weighted by Crippen LogP contribution is 2.37. The number of pyridine rings is 1. The fraction of sp³-hybridized carbons (Fsp3) is 0.125. The second-order valence-corrected chi connectivity index (χ2v) is 3.77. The molecule has 0 fully saturated rings. The van der Waals surface area contributed by atoms with Crippen LogP contribution in [0, 0.1) is 0 Å². The van der Waals surface area contributed by atoms with Gasteiger partial charge in [0, 0.05) is 11.9 Å². The van der Waals surface area contributed by atoms with Crippen molar-refractivity contribution in [2.75, 3.05) is 5.73 Å². The van der Waals surface area contributed by atoms with E-state index in [0.717, 1.165) is 6.20 Å². The van der Waals surface area contributed by atoms with E-state index in [0.29, 0.717) is 4.60 Å². The number of nitrogens with two attached hydrogens (primary N) is 1. The van der Waals surface area contributed by atoms with Crippen LogP contribution in [0.1, 0.15) is 5.56 Å². The molecule has 0 atom stereocenters. The van der Waals surface area contributed by atoms with Gasteiger partial charge in [0.25, 0.3) is 0 Å². The highest BCUT2D eigenvalue weighted by atomic mass is 79.9. The van der Waals surface area contributed by atoms with E-state index in [1.165, 1.54) is 6.07 Å². The van der Waals surface area contributed by atoms with Crippen molar-refractivity contribution in [1.29, 1.82) is 0 Å². The fourth-order valence-electron chi connectivity index (χ4n) is 1.36. The molecule has 3 nitrogen and oxygen atoms in total. The summed E-state index contributed by atoms with van der Waals surface area (Å²) >= 11 is 3.05. The number of H-pyrrole nitrogens is 1. The van der Waals surface area contributed by atoms with E-state index in [4.69, 9.17) is 5.73 Å². The summed E-state index contributed by atoms with van der Waals surface area (Å²) in [4.78, 5) is 6.29. The normalized spacial score (nSPS) is 12.3. The van der Waals surface area contributed by atoms with E-state index in [2.05, 4.69) is 25.9 Å². The second kappa shape index (κ2) is 3.13. The summed E-state index contributed by atoms with van der Waals surface area (Å²) < 4.78 is 37.9.